The summed E-state index contributed by atoms with van der Waals surface area (Å²) in [4.78, 5) is 6.37. The van der Waals surface area contributed by atoms with Crippen molar-refractivity contribution in [2.24, 2.45) is 0 Å². The average Bonchev–Trinajstić information content (AvgIpc) is 2.89. The second-order valence-corrected chi connectivity index (χ2v) is 6.57. The third kappa shape index (κ3) is 2.04. The molecule has 1 fully saturated rings. The number of aromatic amines is 1. The van der Waals surface area contributed by atoms with Crippen LogP contribution >= 0.6 is 11.8 Å². The molecule has 1 atom stereocenters. The number of rotatable bonds is 3. The van der Waals surface area contributed by atoms with Gasteiger partial charge in [-0.25, -0.2) is 13.4 Å². The lowest BCUT2D eigenvalue weighted by Gasteiger charge is -2.21. The van der Waals surface area contributed by atoms with Crippen LogP contribution in [0.3, 0.4) is 0 Å². The van der Waals surface area contributed by atoms with E-state index < -0.39 is 10.0 Å². The van der Waals surface area contributed by atoms with E-state index in [1.54, 1.807) is 18.8 Å². The number of sulfonamides is 1. The zero-order chi connectivity index (χ0) is 10.9. The maximum absolute atomic E-state index is 12.0. The number of imidazole rings is 1. The van der Waals surface area contributed by atoms with Gasteiger partial charge >= 0.3 is 0 Å². The summed E-state index contributed by atoms with van der Waals surface area (Å²) in [5.41, 5.74) is 0. The Morgan fingerprint density at radius 3 is 3.00 bits per heavy atom. The van der Waals surface area contributed by atoms with Crippen molar-refractivity contribution in [3.8, 4) is 0 Å². The number of thioether (sulfide) groups is 1. The first-order chi connectivity index (χ1) is 7.12. The van der Waals surface area contributed by atoms with Crippen LogP contribution in [0.2, 0.25) is 0 Å². The summed E-state index contributed by atoms with van der Waals surface area (Å²) in [5.74, 6) is 1.91. The van der Waals surface area contributed by atoms with Crippen LogP contribution in [0.1, 0.15) is 6.42 Å². The maximum Gasteiger partial charge on any atom is 0.260 e. The summed E-state index contributed by atoms with van der Waals surface area (Å²) in [6.45, 7) is 0. The fourth-order valence-electron chi connectivity index (χ4n) is 1.54. The molecule has 0 spiro atoms. The molecule has 7 heteroatoms. The van der Waals surface area contributed by atoms with E-state index in [2.05, 4.69) is 9.97 Å². The third-order valence-electron chi connectivity index (χ3n) is 2.55. The standard InChI is InChI=1S/C8H13N3O2S2/c1-11(7-2-3-14-5-7)15(12,13)8-4-9-6-10-8/h4,6-7H,2-3,5H2,1H3,(H,9,10). The highest BCUT2D eigenvalue weighted by molar-refractivity contribution is 7.99. The summed E-state index contributed by atoms with van der Waals surface area (Å²) >= 11 is 1.79. The Bertz CT molecular complexity index is 409. The first kappa shape index (κ1) is 11.0. The fourth-order valence-corrected chi connectivity index (χ4v) is 4.18. The van der Waals surface area contributed by atoms with Gasteiger partial charge in [0.2, 0.25) is 0 Å². The van der Waals surface area contributed by atoms with Gasteiger partial charge in [0.1, 0.15) is 0 Å². The predicted molar refractivity (Wildman–Crippen MR) is 59.3 cm³/mol. The number of H-pyrrole nitrogens is 1. The van der Waals surface area contributed by atoms with Crippen LogP contribution in [0.25, 0.3) is 0 Å². The number of hydrogen-bond acceptors (Lipinski definition) is 4. The first-order valence-corrected chi connectivity index (χ1v) is 7.26. The minimum atomic E-state index is -3.38. The summed E-state index contributed by atoms with van der Waals surface area (Å²) in [6.07, 6.45) is 3.65. The van der Waals surface area contributed by atoms with Crippen LogP contribution in [0.5, 0.6) is 0 Å². The van der Waals surface area contributed by atoms with Crippen molar-refractivity contribution in [1.29, 1.82) is 0 Å². The molecule has 15 heavy (non-hydrogen) atoms. The van der Waals surface area contributed by atoms with Gasteiger partial charge in [0.25, 0.3) is 10.0 Å². The van der Waals surface area contributed by atoms with Crippen molar-refractivity contribution >= 4 is 21.8 Å². The van der Waals surface area contributed by atoms with Crippen LogP contribution < -0.4 is 0 Å². The van der Waals surface area contributed by atoms with E-state index in [9.17, 15) is 8.42 Å². The average molecular weight is 247 g/mol. The van der Waals surface area contributed by atoms with Gasteiger partial charge in [-0.15, -0.1) is 0 Å². The highest BCUT2D eigenvalue weighted by atomic mass is 32.2. The highest BCUT2D eigenvalue weighted by Crippen LogP contribution is 2.25. The predicted octanol–water partition coefficient (Wildman–Crippen LogP) is 0.536. The molecule has 1 unspecified atom stereocenters. The second-order valence-electron chi connectivity index (χ2n) is 3.45. The molecule has 2 heterocycles. The van der Waals surface area contributed by atoms with Crippen molar-refractivity contribution in [1.82, 2.24) is 14.3 Å². The summed E-state index contributed by atoms with van der Waals surface area (Å²) in [5, 5.41) is 0.168. The zero-order valence-electron chi connectivity index (χ0n) is 8.38. The van der Waals surface area contributed by atoms with Gasteiger partial charge in [-0.2, -0.15) is 16.1 Å². The highest BCUT2D eigenvalue weighted by Gasteiger charge is 2.30. The Hall–Kier alpha value is -0.530. The molecular formula is C8H13N3O2S2. The Balaban J connectivity index is 2.22. The topological polar surface area (TPSA) is 66.1 Å². The molecule has 0 aliphatic carbocycles. The molecule has 1 aliphatic rings. The van der Waals surface area contributed by atoms with E-state index in [4.69, 9.17) is 0 Å². The van der Waals surface area contributed by atoms with Crippen molar-refractivity contribution in [2.45, 2.75) is 17.5 Å². The summed E-state index contributed by atoms with van der Waals surface area (Å²) in [7, 11) is -1.75. The van der Waals surface area contributed by atoms with Crippen molar-refractivity contribution in [3.63, 3.8) is 0 Å². The Morgan fingerprint density at radius 1 is 1.67 bits per heavy atom. The number of nitrogens with zero attached hydrogens (tertiary/aromatic N) is 2. The Labute approximate surface area is 93.3 Å². The number of hydrogen-bond donors (Lipinski definition) is 1. The molecule has 1 aromatic heterocycles. The monoisotopic (exact) mass is 247 g/mol. The van der Waals surface area contributed by atoms with E-state index in [0.29, 0.717) is 0 Å². The molecule has 0 radical (unpaired) electrons. The molecule has 2 rings (SSSR count). The molecule has 1 N–H and O–H groups in total. The van der Waals surface area contributed by atoms with Crippen LogP contribution in [0.15, 0.2) is 17.6 Å². The van der Waals surface area contributed by atoms with E-state index in [1.165, 1.54) is 16.8 Å². The van der Waals surface area contributed by atoms with Gasteiger partial charge < -0.3 is 4.98 Å². The lowest BCUT2D eigenvalue weighted by atomic mass is 10.3. The molecule has 5 nitrogen and oxygen atoms in total. The van der Waals surface area contributed by atoms with E-state index in [-0.39, 0.29) is 11.1 Å². The van der Waals surface area contributed by atoms with Crippen LogP contribution in [-0.4, -0.2) is 47.3 Å². The Kier molecular flexibility index (Phi) is 3.03. The molecule has 0 aromatic carbocycles. The van der Waals surface area contributed by atoms with Crippen molar-refractivity contribution in [3.05, 3.63) is 12.5 Å². The summed E-state index contributed by atoms with van der Waals surface area (Å²) in [6, 6.07) is 0.114. The van der Waals surface area contributed by atoms with Gasteiger partial charge in [-0.05, 0) is 12.2 Å². The Morgan fingerprint density at radius 2 is 2.47 bits per heavy atom. The summed E-state index contributed by atoms with van der Waals surface area (Å²) < 4.78 is 25.5. The van der Waals surface area contributed by atoms with Crippen molar-refractivity contribution in [2.75, 3.05) is 18.6 Å². The van der Waals surface area contributed by atoms with Gasteiger partial charge in [-0.3, -0.25) is 0 Å². The minimum absolute atomic E-state index is 0.114. The van der Waals surface area contributed by atoms with Crippen molar-refractivity contribution < 1.29 is 8.42 Å². The van der Waals surface area contributed by atoms with Gasteiger partial charge in [-0.1, -0.05) is 0 Å². The largest absolute Gasteiger partial charge is 0.335 e. The quantitative estimate of drug-likeness (QED) is 0.846. The molecule has 1 saturated heterocycles. The number of aromatic nitrogens is 2. The SMILES string of the molecule is CN(C1CCSC1)S(=O)(=O)c1cnc[nH]1. The number of nitrogens with one attached hydrogen (secondary N) is 1. The lowest BCUT2D eigenvalue weighted by Crippen LogP contribution is -2.37. The van der Waals surface area contributed by atoms with Crippen LogP contribution in [-0.2, 0) is 10.0 Å². The van der Waals surface area contributed by atoms with E-state index in [0.717, 1.165) is 17.9 Å². The van der Waals surface area contributed by atoms with E-state index >= 15 is 0 Å². The molecule has 0 saturated carbocycles. The van der Waals surface area contributed by atoms with Crippen LogP contribution in [0.4, 0.5) is 0 Å². The second kappa shape index (κ2) is 4.15. The lowest BCUT2D eigenvalue weighted by molar-refractivity contribution is 0.393. The maximum atomic E-state index is 12.0. The normalized spacial score (nSPS) is 22.4. The molecule has 1 aromatic rings. The first-order valence-electron chi connectivity index (χ1n) is 4.66. The molecule has 0 amide bonds. The molecular weight excluding hydrogens is 234 g/mol. The smallest absolute Gasteiger partial charge is 0.260 e. The van der Waals surface area contributed by atoms with Crippen LogP contribution in [0, 0.1) is 0 Å². The molecule has 1 aliphatic heterocycles. The fraction of sp³-hybridized carbons (Fsp3) is 0.625. The van der Waals surface area contributed by atoms with E-state index in [1.807, 2.05) is 0 Å². The van der Waals surface area contributed by atoms with Gasteiger partial charge in [0, 0.05) is 18.8 Å². The molecule has 84 valence electrons. The van der Waals surface area contributed by atoms with Gasteiger partial charge in [0.15, 0.2) is 5.03 Å². The van der Waals surface area contributed by atoms with Gasteiger partial charge in [0.05, 0.1) is 12.5 Å². The zero-order valence-corrected chi connectivity index (χ0v) is 10.0. The molecule has 0 bridgehead atoms. The minimum Gasteiger partial charge on any atom is -0.335 e. The third-order valence-corrected chi connectivity index (χ3v) is 5.53.